The Labute approximate surface area is 121 Å². The monoisotopic (exact) mass is 275 g/mol. The highest BCUT2D eigenvalue weighted by atomic mass is 16.5. The Morgan fingerprint density at radius 2 is 1.76 bits per heavy atom. The highest BCUT2D eigenvalue weighted by Gasteiger charge is 2.09. The molecule has 21 heavy (non-hydrogen) atoms. The highest BCUT2D eigenvalue weighted by Crippen LogP contribution is 2.28. The third kappa shape index (κ3) is 2.03. The number of oxazole rings is 1. The number of hydrogen-bond acceptors (Lipinski definition) is 3. The van der Waals surface area contributed by atoms with E-state index < -0.39 is 0 Å². The predicted octanol–water partition coefficient (Wildman–Crippen LogP) is 4.66. The van der Waals surface area contributed by atoms with Crippen molar-refractivity contribution >= 4 is 21.9 Å². The van der Waals surface area contributed by atoms with E-state index in [1.807, 2.05) is 36.4 Å². The molecule has 3 heteroatoms. The van der Waals surface area contributed by atoms with Crippen molar-refractivity contribution in [2.24, 2.45) is 0 Å². The third-order valence-corrected chi connectivity index (χ3v) is 3.59. The van der Waals surface area contributed by atoms with Gasteiger partial charge in [0.2, 0.25) is 5.89 Å². The summed E-state index contributed by atoms with van der Waals surface area (Å²) in [5, 5.41) is 2.38. The summed E-state index contributed by atoms with van der Waals surface area (Å²) in [6, 6.07) is 20.1. The Morgan fingerprint density at radius 3 is 2.62 bits per heavy atom. The van der Waals surface area contributed by atoms with Crippen molar-refractivity contribution in [2.75, 3.05) is 7.11 Å². The smallest absolute Gasteiger partial charge is 0.227 e. The summed E-state index contributed by atoms with van der Waals surface area (Å²) in [4.78, 5) is 4.55. The molecule has 102 valence electrons. The lowest BCUT2D eigenvalue weighted by Gasteiger charge is -1.99. The van der Waals surface area contributed by atoms with E-state index in [4.69, 9.17) is 9.15 Å². The first-order valence-electron chi connectivity index (χ1n) is 6.77. The van der Waals surface area contributed by atoms with Gasteiger partial charge in [0, 0.05) is 11.6 Å². The van der Waals surface area contributed by atoms with Crippen molar-refractivity contribution < 1.29 is 9.15 Å². The van der Waals surface area contributed by atoms with Crippen molar-refractivity contribution in [1.82, 2.24) is 4.98 Å². The zero-order valence-corrected chi connectivity index (χ0v) is 11.5. The molecule has 1 aromatic heterocycles. The van der Waals surface area contributed by atoms with Crippen molar-refractivity contribution in [3.8, 4) is 17.2 Å². The van der Waals surface area contributed by atoms with Gasteiger partial charge < -0.3 is 9.15 Å². The van der Waals surface area contributed by atoms with Crippen LogP contribution in [0.4, 0.5) is 0 Å². The van der Waals surface area contributed by atoms with Crippen LogP contribution in [0.25, 0.3) is 33.3 Å². The molecule has 4 aromatic rings. The van der Waals surface area contributed by atoms with Gasteiger partial charge in [-0.15, -0.1) is 0 Å². The Balaban J connectivity index is 1.87. The molecular weight excluding hydrogens is 262 g/mol. The van der Waals surface area contributed by atoms with Gasteiger partial charge in [-0.05, 0) is 35.0 Å². The molecule has 4 rings (SSSR count). The molecule has 0 atom stereocenters. The summed E-state index contributed by atoms with van der Waals surface area (Å²) in [5.74, 6) is 1.41. The summed E-state index contributed by atoms with van der Waals surface area (Å²) in [6.45, 7) is 0. The molecule has 1 heterocycles. The van der Waals surface area contributed by atoms with Gasteiger partial charge in [-0.25, -0.2) is 4.98 Å². The molecule has 0 saturated heterocycles. The number of ether oxygens (including phenoxy) is 1. The van der Waals surface area contributed by atoms with E-state index in [9.17, 15) is 0 Å². The van der Waals surface area contributed by atoms with Gasteiger partial charge in [0.1, 0.15) is 11.3 Å². The normalized spacial score (nSPS) is 11.1. The van der Waals surface area contributed by atoms with Crippen LogP contribution in [0.2, 0.25) is 0 Å². The number of hydrogen-bond donors (Lipinski definition) is 0. The van der Waals surface area contributed by atoms with Gasteiger partial charge in [0.15, 0.2) is 5.58 Å². The Bertz CT molecular complexity index is 940. The quantitative estimate of drug-likeness (QED) is 0.534. The SMILES string of the molecule is COc1ccc2oc(-c3ccc4ccccc4c3)nc2c1. The van der Waals surface area contributed by atoms with E-state index in [-0.39, 0.29) is 0 Å². The zero-order chi connectivity index (χ0) is 14.2. The van der Waals surface area contributed by atoms with Crippen molar-refractivity contribution in [3.63, 3.8) is 0 Å². The minimum Gasteiger partial charge on any atom is -0.497 e. The maximum absolute atomic E-state index is 5.84. The highest BCUT2D eigenvalue weighted by molar-refractivity contribution is 5.87. The summed E-state index contributed by atoms with van der Waals surface area (Å²) in [5.41, 5.74) is 2.54. The van der Waals surface area contributed by atoms with Gasteiger partial charge >= 0.3 is 0 Å². The van der Waals surface area contributed by atoms with E-state index in [2.05, 4.69) is 29.2 Å². The zero-order valence-electron chi connectivity index (χ0n) is 11.5. The van der Waals surface area contributed by atoms with Crippen LogP contribution in [0.1, 0.15) is 0 Å². The number of fused-ring (bicyclic) bond motifs is 2. The molecule has 0 aliphatic carbocycles. The topological polar surface area (TPSA) is 35.3 Å². The molecule has 3 aromatic carbocycles. The molecule has 0 N–H and O–H groups in total. The third-order valence-electron chi connectivity index (χ3n) is 3.59. The number of benzene rings is 3. The summed E-state index contributed by atoms with van der Waals surface area (Å²) in [6.07, 6.45) is 0. The molecule has 0 amide bonds. The van der Waals surface area contributed by atoms with Crippen LogP contribution in [0.15, 0.2) is 65.1 Å². The van der Waals surface area contributed by atoms with Crippen LogP contribution >= 0.6 is 0 Å². The average molecular weight is 275 g/mol. The number of nitrogens with zero attached hydrogens (tertiary/aromatic N) is 1. The summed E-state index contributed by atoms with van der Waals surface area (Å²) < 4.78 is 11.0. The van der Waals surface area contributed by atoms with Crippen molar-refractivity contribution in [1.29, 1.82) is 0 Å². The molecule has 0 radical (unpaired) electrons. The van der Waals surface area contributed by atoms with Gasteiger partial charge in [0.25, 0.3) is 0 Å². The largest absolute Gasteiger partial charge is 0.497 e. The lowest BCUT2D eigenvalue weighted by molar-refractivity contribution is 0.415. The minimum absolute atomic E-state index is 0.629. The number of aromatic nitrogens is 1. The van der Waals surface area contributed by atoms with Crippen LogP contribution in [-0.4, -0.2) is 12.1 Å². The number of methoxy groups -OCH3 is 1. The Kier molecular flexibility index (Phi) is 2.64. The van der Waals surface area contributed by atoms with Gasteiger partial charge in [0.05, 0.1) is 7.11 Å². The Hall–Kier alpha value is -2.81. The fourth-order valence-electron chi connectivity index (χ4n) is 2.48. The second-order valence-electron chi connectivity index (χ2n) is 4.91. The standard InChI is InChI=1S/C18H13NO2/c1-20-15-8-9-17-16(11-15)19-18(21-17)14-7-6-12-4-2-3-5-13(12)10-14/h2-11H,1H3. The lowest BCUT2D eigenvalue weighted by atomic mass is 10.1. The lowest BCUT2D eigenvalue weighted by Crippen LogP contribution is -1.81. The van der Waals surface area contributed by atoms with Crippen molar-refractivity contribution in [2.45, 2.75) is 0 Å². The van der Waals surface area contributed by atoms with E-state index in [0.717, 1.165) is 22.4 Å². The van der Waals surface area contributed by atoms with E-state index in [0.29, 0.717) is 5.89 Å². The van der Waals surface area contributed by atoms with Crippen LogP contribution in [0, 0.1) is 0 Å². The van der Waals surface area contributed by atoms with Crippen LogP contribution < -0.4 is 4.74 Å². The minimum atomic E-state index is 0.629. The van der Waals surface area contributed by atoms with Gasteiger partial charge in [-0.3, -0.25) is 0 Å². The molecule has 0 bridgehead atoms. The fraction of sp³-hybridized carbons (Fsp3) is 0.0556. The van der Waals surface area contributed by atoms with Crippen LogP contribution in [-0.2, 0) is 0 Å². The van der Waals surface area contributed by atoms with Gasteiger partial charge in [-0.1, -0.05) is 30.3 Å². The predicted molar refractivity (Wildman–Crippen MR) is 83.5 cm³/mol. The summed E-state index contributed by atoms with van der Waals surface area (Å²) in [7, 11) is 1.64. The Morgan fingerprint density at radius 1 is 0.905 bits per heavy atom. The molecule has 0 fully saturated rings. The maximum atomic E-state index is 5.84. The second-order valence-corrected chi connectivity index (χ2v) is 4.91. The molecule has 0 spiro atoms. The van der Waals surface area contributed by atoms with E-state index in [1.165, 1.54) is 10.8 Å². The van der Waals surface area contributed by atoms with E-state index >= 15 is 0 Å². The number of rotatable bonds is 2. The molecule has 0 unspecified atom stereocenters. The molecule has 0 saturated carbocycles. The van der Waals surface area contributed by atoms with Gasteiger partial charge in [-0.2, -0.15) is 0 Å². The molecule has 3 nitrogen and oxygen atoms in total. The van der Waals surface area contributed by atoms with Crippen molar-refractivity contribution in [3.05, 3.63) is 60.7 Å². The average Bonchev–Trinajstić information content (AvgIpc) is 2.97. The molecule has 0 aliphatic rings. The van der Waals surface area contributed by atoms with E-state index in [1.54, 1.807) is 7.11 Å². The fourth-order valence-corrected chi connectivity index (χ4v) is 2.48. The first-order chi connectivity index (χ1) is 10.3. The molecule has 0 aliphatic heterocycles. The van der Waals surface area contributed by atoms with Crippen LogP contribution in [0.5, 0.6) is 5.75 Å². The first-order valence-corrected chi connectivity index (χ1v) is 6.77. The summed E-state index contributed by atoms with van der Waals surface area (Å²) >= 11 is 0. The molecular formula is C18H13NO2. The first kappa shape index (κ1) is 12.0. The maximum Gasteiger partial charge on any atom is 0.227 e. The second kappa shape index (κ2) is 4.63. The van der Waals surface area contributed by atoms with Crippen LogP contribution in [0.3, 0.4) is 0 Å².